The van der Waals surface area contributed by atoms with Crippen LogP contribution in [0.1, 0.15) is 17.7 Å². The van der Waals surface area contributed by atoms with Crippen LogP contribution in [0.15, 0.2) is 53.4 Å². The average molecular weight is 385 g/mol. The lowest BCUT2D eigenvalue weighted by Crippen LogP contribution is -2.29. The van der Waals surface area contributed by atoms with E-state index in [-0.39, 0.29) is 11.0 Å². The highest BCUT2D eigenvalue weighted by Crippen LogP contribution is 2.38. The van der Waals surface area contributed by atoms with Gasteiger partial charge in [0.05, 0.1) is 10.4 Å². The predicted molar refractivity (Wildman–Crippen MR) is 101 cm³/mol. The summed E-state index contributed by atoms with van der Waals surface area (Å²) in [5.74, 6) is 1.44. The summed E-state index contributed by atoms with van der Waals surface area (Å²) in [6, 6.07) is 14.0. The van der Waals surface area contributed by atoms with Crippen molar-refractivity contribution in [3.63, 3.8) is 0 Å². The predicted octanol–water partition coefficient (Wildman–Crippen LogP) is 3.56. The fourth-order valence-electron chi connectivity index (χ4n) is 3.18. The summed E-state index contributed by atoms with van der Waals surface area (Å²) in [7, 11) is -4.16. The number of ether oxygens (including phenoxy) is 2. The maximum atomic E-state index is 11.1. The van der Waals surface area contributed by atoms with Gasteiger partial charge in [0.25, 0.3) is 10.1 Å². The van der Waals surface area contributed by atoms with Crippen LogP contribution < -0.4 is 9.47 Å². The van der Waals surface area contributed by atoms with Gasteiger partial charge in [-0.2, -0.15) is 8.42 Å². The molecule has 0 amide bonds. The van der Waals surface area contributed by atoms with Crippen molar-refractivity contribution in [3.8, 4) is 11.5 Å². The van der Waals surface area contributed by atoms with E-state index < -0.39 is 10.1 Å². The zero-order valence-electron chi connectivity index (χ0n) is 14.8. The molecule has 0 saturated heterocycles. The molecule has 0 unspecified atom stereocenters. The number of benzene rings is 2. The SMILES string of the molecule is Cc1ccc2c3c(ccc2n1)OC[C@@H](CCc1ccc(S(=O)(=O)O)cc1)O3. The molecule has 7 heteroatoms. The number of rotatable bonds is 4. The van der Waals surface area contributed by atoms with Gasteiger partial charge in [-0.05, 0) is 61.7 Å². The van der Waals surface area contributed by atoms with Gasteiger partial charge < -0.3 is 9.47 Å². The molecule has 0 bridgehead atoms. The number of hydrogen-bond donors (Lipinski definition) is 1. The average Bonchev–Trinajstić information content (AvgIpc) is 2.65. The van der Waals surface area contributed by atoms with Crippen molar-refractivity contribution in [2.75, 3.05) is 6.61 Å². The highest BCUT2D eigenvalue weighted by Gasteiger charge is 2.23. The molecule has 1 N–H and O–H groups in total. The lowest BCUT2D eigenvalue weighted by Gasteiger charge is -2.27. The van der Waals surface area contributed by atoms with E-state index in [0.29, 0.717) is 13.0 Å². The molecule has 1 aromatic heterocycles. The highest BCUT2D eigenvalue weighted by molar-refractivity contribution is 7.85. The van der Waals surface area contributed by atoms with Crippen LogP contribution in [0, 0.1) is 6.92 Å². The van der Waals surface area contributed by atoms with Gasteiger partial charge in [0.2, 0.25) is 0 Å². The quantitative estimate of drug-likeness (QED) is 0.691. The van der Waals surface area contributed by atoms with Gasteiger partial charge in [0, 0.05) is 11.1 Å². The lowest BCUT2D eigenvalue weighted by molar-refractivity contribution is 0.0871. The molecule has 2 aromatic carbocycles. The van der Waals surface area contributed by atoms with Crippen LogP contribution in [0.3, 0.4) is 0 Å². The minimum atomic E-state index is -4.16. The summed E-state index contributed by atoms with van der Waals surface area (Å²) in [5.41, 5.74) is 2.79. The van der Waals surface area contributed by atoms with Gasteiger partial charge in [0.15, 0.2) is 11.5 Å². The first-order valence-corrected chi connectivity index (χ1v) is 10.1. The first-order chi connectivity index (χ1) is 12.9. The van der Waals surface area contributed by atoms with E-state index in [2.05, 4.69) is 4.98 Å². The number of aryl methyl sites for hydroxylation is 2. The third-order valence-corrected chi connectivity index (χ3v) is 5.48. The molecule has 1 aliphatic rings. The maximum Gasteiger partial charge on any atom is 0.294 e. The molecule has 6 nitrogen and oxygen atoms in total. The van der Waals surface area contributed by atoms with Crippen molar-refractivity contribution >= 4 is 21.0 Å². The number of aromatic nitrogens is 1. The van der Waals surface area contributed by atoms with Gasteiger partial charge in [-0.15, -0.1) is 0 Å². The van der Waals surface area contributed by atoms with E-state index in [1.807, 2.05) is 31.2 Å². The Kier molecular flexibility index (Phi) is 4.49. The molecule has 27 heavy (non-hydrogen) atoms. The minimum absolute atomic E-state index is 0.105. The number of hydrogen-bond acceptors (Lipinski definition) is 5. The standard InChI is InChI=1S/C20H19NO5S/c1-13-2-9-17-18(21-13)10-11-19-20(17)26-15(12-25-19)6-3-14-4-7-16(8-5-14)27(22,23)24/h2,4-5,7-11,15H,3,6,12H2,1H3,(H,22,23,24)/t15-/m1/s1. The van der Waals surface area contributed by atoms with Gasteiger partial charge in [-0.3, -0.25) is 9.54 Å². The van der Waals surface area contributed by atoms with E-state index in [9.17, 15) is 8.42 Å². The van der Waals surface area contributed by atoms with E-state index >= 15 is 0 Å². The monoisotopic (exact) mass is 385 g/mol. The Bertz CT molecular complexity index is 1090. The van der Waals surface area contributed by atoms with Crippen molar-refractivity contribution in [1.82, 2.24) is 4.98 Å². The Balaban J connectivity index is 1.48. The van der Waals surface area contributed by atoms with Crippen LogP contribution in [0.5, 0.6) is 11.5 Å². The Morgan fingerprint density at radius 1 is 1.11 bits per heavy atom. The summed E-state index contributed by atoms with van der Waals surface area (Å²) in [4.78, 5) is 4.42. The van der Waals surface area contributed by atoms with Gasteiger partial charge in [0.1, 0.15) is 12.7 Å². The van der Waals surface area contributed by atoms with Crippen molar-refractivity contribution < 1.29 is 22.4 Å². The molecular weight excluding hydrogens is 366 g/mol. The second-order valence-corrected chi connectivity index (χ2v) is 8.04. The van der Waals surface area contributed by atoms with Gasteiger partial charge in [-0.25, -0.2) is 0 Å². The van der Waals surface area contributed by atoms with Crippen LogP contribution in [0.4, 0.5) is 0 Å². The molecule has 0 radical (unpaired) electrons. The fraction of sp³-hybridized carbons (Fsp3) is 0.250. The minimum Gasteiger partial charge on any atom is -0.486 e. The summed E-state index contributed by atoms with van der Waals surface area (Å²) in [6.45, 7) is 2.41. The summed E-state index contributed by atoms with van der Waals surface area (Å²) in [6.07, 6.45) is 1.32. The normalized spacial score (nSPS) is 16.4. The largest absolute Gasteiger partial charge is 0.486 e. The Hall–Kier alpha value is -2.64. The smallest absolute Gasteiger partial charge is 0.294 e. The second-order valence-electron chi connectivity index (χ2n) is 6.62. The topological polar surface area (TPSA) is 85.7 Å². The zero-order chi connectivity index (χ0) is 19.0. The fourth-order valence-corrected chi connectivity index (χ4v) is 3.66. The molecule has 0 fully saturated rings. The molecule has 140 valence electrons. The summed E-state index contributed by atoms with van der Waals surface area (Å²) >= 11 is 0. The molecule has 2 heterocycles. The van der Waals surface area contributed by atoms with Crippen LogP contribution in [-0.4, -0.2) is 30.7 Å². The molecule has 0 aliphatic carbocycles. The molecule has 1 atom stereocenters. The number of fused-ring (bicyclic) bond motifs is 3. The van der Waals surface area contributed by atoms with Crippen molar-refractivity contribution in [3.05, 3.63) is 59.8 Å². The molecule has 0 saturated carbocycles. The number of pyridine rings is 1. The lowest BCUT2D eigenvalue weighted by atomic mass is 10.1. The van der Waals surface area contributed by atoms with E-state index in [4.69, 9.17) is 14.0 Å². The zero-order valence-corrected chi connectivity index (χ0v) is 15.6. The Morgan fingerprint density at radius 2 is 1.89 bits per heavy atom. The summed E-state index contributed by atoms with van der Waals surface area (Å²) in [5, 5.41) is 0.931. The first kappa shape index (κ1) is 17.8. The van der Waals surface area contributed by atoms with E-state index in [0.717, 1.165) is 40.1 Å². The van der Waals surface area contributed by atoms with Crippen molar-refractivity contribution in [1.29, 1.82) is 0 Å². The maximum absolute atomic E-state index is 11.1. The van der Waals surface area contributed by atoms with Crippen LogP contribution in [0.2, 0.25) is 0 Å². The molecule has 4 rings (SSSR count). The second kappa shape index (κ2) is 6.83. The highest BCUT2D eigenvalue weighted by atomic mass is 32.2. The van der Waals surface area contributed by atoms with E-state index in [1.54, 1.807) is 12.1 Å². The van der Waals surface area contributed by atoms with Crippen LogP contribution in [-0.2, 0) is 16.5 Å². The number of nitrogens with zero attached hydrogens (tertiary/aromatic N) is 1. The van der Waals surface area contributed by atoms with E-state index in [1.165, 1.54) is 12.1 Å². The van der Waals surface area contributed by atoms with Gasteiger partial charge >= 0.3 is 0 Å². The van der Waals surface area contributed by atoms with Gasteiger partial charge in [-0.1, -0.05) is 12.1 Å². The van der Waals surface area contributed by atoms with Crippen LogP contribution in [0.25, 0.3) is 10.9 Å². The van der Waals surface area contributed by atoms with Crippen molar-refractivity contribution in [2.45, 2.75) is 30.8 Å². The third-order valence-electron chi connectivity index (χ3n) is 4.61. The first-order valence-electron chi connectivity index (χ1n) is 8.66. The molecule has 0 spiro atoms. The summed E-state index contributed by atoms with van der Waals surface area (Å²) < 4.78 is 43.3. The Morgan fingerprint density at radius 3 is 2.63 bits per heavy atom. The molecule has 1 aliphatic heterocycles. The third kappa shape index (κ3) is 3.74. The molecular formula is C20H19NO5S. The van der Waals surface area contributed by atoms with Crippen LogP contribution >= 0.6 is 0 Å². The van der Waals surface area contributed by atoms with Crippen molar-refractivity contribution in [2.24, 2.45) is 0 Å². The Labute approximate surface area is 157 Å². The molecule has 3 aromatic rings.